The number of hydrogen-bond donors (Lipinski definition) is 2. The number of aliphatic carboxylic acids is 1. The summed E-state index contributed by atoms with van der Waals surface area (Å²) < 4.78 is 28.4. The topological polar surface area (TPSA) is 103 Å². The predicted molar refractivity (Wildman–Crippen MR) is 100 cm³/mol. The second kappa shape index (κ2) is 9.06. The van der Waals surface area contributed by atoms with Crippen molar-refractivity contribution >= 4 is 23.5 Å². The van der Waals surface area contributed by atoms with Crippen molar-refractivity contribution in [2.24, 2.45) is 5.16 Å². The monoisotopic (exact) mass is 411 g/mol. The third-order valence-electron chi connectivity index (χ3n) is 5.18. The number of likely N-dealkylation sites (tertiary alicyclic amines) is 1. The molecule has 0 atom stereocenters. The minimum Gasteiger partial charge on any atom is -0.481 e. The molecule has 0 unspecified atom stereocenters. The second-order valence-corrected chi connectivity index (χ2v) is 7.18. The van der Waals surface area contributed by atoms with Crippen LogP contribution in [0.25, 0.3) is 0 Å². The fourth-order valence-corrected chi connectivity index (χ4v) is 3.52. The van der Waals surface area contributed by atoms with Gasteiger partial charge in [0.2, 0.25) is 0 Å². The predicted octanol–water partition coefficient (Wildman–Crippen LogP) is 2.71. The van der Waals surface area contributed by atoms with Gasteiger partial charge < -0.3 is 24.9 Å². The molecule has 0 saturated carbocycles. The summed E-state index contributed by atoms with van der Waals surface area (Å²) in [5.74, 6) is -2.60. The molecule has 2 fully saturated rings. The van der Waals surface area contributed by atoms with Gasteiger partial charge in [-0.05, 0) is 6.07 Å². The molecule has 0 radical (unpaired) electrons. The molecule has 1 aromatic rings. The van der Waals surface area contributed by atoms with Gasteiger partial charge in [-0.2, -0.15) is 0 Å². The van der Waals surface area contributed by atoms with Gasteiger partial charge in [-0.25, -0.2) is 13.6 Å². The maximum atomic E-state index is 14.3. The standard InChI is InChI=1S/C19H23F2N3O5/c20-15-11-17(16(21)9-12(15)10-18(25)26)23-5-1-13(2-6-23)22-29-14-3-7-24(8-4-14)19(27)28/h9,11,14H,1-8,10H2,(H,25,26)(H,27,28). The number of benzene rings is 1. The summed E-state index contributed by atoms with van der Waals surface area (Å²) in [7, 11) is 0. The Kier molecular flexibility index (Phi) is 6.50. The molecule has 29 heavy (non-hydrogen) atoms. The Balaban J connectivity index is 1.53. The minimum absolute atomic E-state index is 0.109. The van der Waals surface area contributed by atoms with Crippen LogP contribution in [0.4, 0.5) is 19.3 Å². The van der Waals surface area contributed by atoms with Crippen molar-refractivity contribution in [3.63, 3.8) is 0 Å². The van der Waals surface area contributed by atoms with Gasteiger partial charge in [-0.1, -0.05) is 5.16 Å². The highest BCUT2D eigenvalue weighted by Crippen LogP contribution is 2.26. The lowest BCUT2D eigenvalue weighted by Gasteiger charge is -2.31. The largest absolute Gasteiger partial charge is 0.481 e. The number of piperidine rings is 2. The molecule has 0 spiro atoms. The lowest BCUT2D eigenvalue weighted by Crippen LogP contribution is -2.40. The number of hydrogen-bond acceptors (Lipinski definition) is 5. The Morgan fingerprint density at radius 3 is 2.31 bits per heavy atom. The zero-order chi connectivity index (χ0) is 21.0. The van der Waals surface area contributed by atoms with E-state index in [4.69, 9.17) is 15.1 Å². The summed E-state index contributed by atoms with van der Waals surface area (Å²) in [6, 6.07) is 1.98. The molecule has 1 aromatic carbocycles. The second-order valence-electron chi connectivity index (χ2n) is 7.18. The van der Waals surface area contributed by atoms with Crippen LogP contribution in [-0.4, -0.2) is 65.2 Å². The molecular weight excluding hydrogens is 388 g/mol. The molecule has 2 aliphatic heterocycles. The Morgan fingerprint density at radius 2 is 1.72 bits per heavy atom. The first-order chi connectivity index (χ1) is 13.8. The SMILES string of the molecule is O=C(O)Cc1cc(F)c(N2CCC(=NOC3CCN(C(=O)O)CC3)CC2)cc1F. The summed E-state index contributed by atoms with van der Waals surface area (Å²) in [6.45, 7) is 1.71. The van der Waals surface area contributed by atoms with Crippen LogP contribution in [0, 0.1) is 11.6 Å². The van der Waals surface area contributed by atoms with E-state index in [0.717, 1.165) is 17.8 Å². The highest BCUT2D eigenvalue weighted by molar-refractivity contribution is 5.86. The molecule has 2 aliphatic rings. The molecule has 0 aromatic heterocycles. The van der Waals surface area contributed by atoms with Gasteiger partial charge in [0, 0.05) is 63.5 Å². The lowest BCUT2D eigenvalue weighted by atomic mass is 10.1. The number of carboxylic acid groups (broad SMARTS) is 2. The Morgan fingerprint density at radius 1 is 1.07 bits per heavy atom. The molecule has 0 aliphatic carbocycles. The van der Waals surface area contributed by atoms with Crippen molar-refractivity contribution < 1.29 is 33.4 Å². The number of halogens is 2. The highest BCUT2D eigenvalue weighted by atomic mass is 19.1. The quantitative estimate of drug-likeness (QED) is 0.723. The first kappa shape index (κ1) is 20.8. The van der Waals surface area contributed by atoms with Crippen molar-refractivity contribution in [3.8, 4) is 0 Å². The van der Waals surface area contributed by atoms with Crippen LogP contribution in [-0.2, 0) is 16.1 Å². The number of anilines is 1. The van der Waals surface area contributed by atoms with Gasteiger partial charge in [-0.3, -0.25) is 4.79 Å². The van der Waals surface area contributed by atoms with E-state index in [1.165, 1.54) is 4.90 Å². The molecule has 10 heteroatoms. The summed E-state index contributed by atoms with van der Waals surface area (Å²) in [4.78, 5) is 30.2. The van der Waals surface area contributed by atoms with Crippen molar-refractivity contribution in [2.75, 3.05) is 31.1 Å². The fourth-order valence-electron chi connectivity index (χ4n) is 3.52. The van der Waals surface area contributed by atoms with Crippen LogP contribution >= 0.6 is 0 Å². The summed E-state index contributed by atoms with van der Waals surface area (Å²) in [5, 5.41) is 21.9. The van der Waals surface area contributed by atoms with Gasteiger partial charge in [0.15, 0.2) is 0 Å². The van der Waals surface area contributed by atoms with Crippen LogP contribution < -0.4 is 4.90 Å². The van der Waals surface area contributed by atoms with E-state index in [-0.39, 0.29) is 17.4 Å². The maximum Gasteiger partial charge on any atom is 0.407 e. The van der Waals surface area contributed by atoms with Crippen LogP contribution in [0.15, 0.2) is 17.3 Å². The van der Waals surface area contributed by atoms with E-state index >= 15 is 0 Å². The highest BCUT2D eigenvalue weighted by Gasteiger charge is 2.25. The zero-order valence-electron chi connectivity index (χ0n) is 15.8. The minimum atomic E-state index is -1.22. The molecule has 158 valence electrons. The molecule has 0 bridgehead atoms. The van der Waals surface area contributed by atoms with E-state index in [1.54, 1.807) is 4.90 Å². The third kappa shape index (κ3) is 5.33. The number of amides is 1. The zero-order valence-corrected chi connectivity index (χ0v) is 15.8. The number of carbonyl (C=O) groups is 2. The van der Waals surface area contributed by atoms with E-state index in [1.807, 2.05) is 0 Å². The van der Waals surface area contributed by atoms with Crippen LogP contribution in [0.5, 0.6) is 0 Å². The molecule has 2 heterocycles. The van der Waals surface area contributed by atoms with E-state index in [2.05, 4.69) is 5.16 Å². The number of nitrogens with zero attached hydrogens (tertiary/aromatic N) is 3. The first-order valence-electron chi connectivity index (χ1n) is 9.47. The van der Waals surface area contributed by atoms with E-state index in [0.29, 0.717) is 51.9 Å². The normalized spacial score (nSPS) is 17.9. The summed E-state index contributed by atoms with van der Waals surface area (Å²) >= 11 is 0. The van der Waals surface area contributed by atoms with Crippen molar-refractivity contribution in [3.05, 3.63) is 29.3 Å². The number of carboxylic acids is 1. The molecular formula is C19H23F2N3O5. The Bertz CT molecular complexity index is 799. The first-order valence-corrected chi connectivity index (χ1v) is 9.47. The number of rotatable bonds is 5. The van der Waals surface area contributed by atoms with Crippen LogP contribution in [0.1, 0.15) is 31.2 Å². The average molecular weight is 411 g/mol. The van der Waals surface area contributed by atoms with Gasteiger partial charge in [-0.15, -0.1) is 0 Å². The Hall–Kier alpha value is -2.91. The fraction of sp³-hybridized carbons (Fsp3) is 0.526. The van der Waals surface area contributed by atoms with Crippen molar-refractivity contribution in [2.45, 2.75) is 38.2 Å². The van der Waals surface area contributed by atoms with Crippen molar-refractivity contribution in [1.82, 2.24) is 4.90 Å². The van der Waals surface area contributed by atoms with Gasteiger partial charge in [0.05, 0.1) is 17.8 Å². The summed E-state index contributed by atoms with van der Waals surface area (Å²) in [5.41, 5.74) is 0.753. The molecule has 2 saturated heterocycles. The molecule has 2 N–H and O–H groups in total. The Labute approximate surface area is 166 Å². The van der Waals surface area contributed by atoms with E-state index in [9.17, 15) is 18.4 Å². The molecule has 1 amide bonds. The van der Waals surface area contributed by atoms with Gasteiger partial charge in [0.1, 0.15) is 17.7 Å². The third-order valence-corrected chi connectivity index (χ3v) is 5.18. The molecule has 3 rings (SSSR count). The van der Waals surface area contributed by atoms with Gasteiger partial charge in [0.25, 0.3) is 0 Å². The average Bonchev–Trinajstić information content (AvgIpc) is 2.69. The lowest BCUT2D eigenvalue weighted by molar-refractivity contribution is -0.136. The summed E-state index contributed by atoms with van der Waals surface area (Å²) in [6.07, 6.45) is 0.622. The van der Waals surface area contributed by atoms with Crippen LogP contribution in [0.3, 0.4) is 0 Å². The number of oxime groups is 1. The van der Waals surface area contributed by atoms with Crippen molar-refractivity contribution in [1.29, 1.82) is 0 Å². The maximum absolute atomic E-state index is 14.3. The van der Waals surface area contributed by atoms with E-state index < -0.39 is 30.1 Å². The van der Waals surface area contributed by atoms with Crippen LogP contribution in [0.2, 0.25) is 0 Å². The smallest absolute Gasteiger partial charge is 0.407 e. The van der Waals surface area contributed by atoms with Gasteiger partial charge >= 0.3 is 12.1 Å². The molecule has 8 nitrogen and oxygen atoms in total.